The van der Waals surface area contributed by atoms with Crippen LogP contribution >= 0.6 is 0 Å². The first-order valence-corrected chi connectivity index (χ1v) is 7.78. The van der Waals surface area contributed by atoms with E-state index >= 15 is 0 Å². The zero-order valence-electron chi connectivity index (χ0n) is 12.8. The third-order valence-electron chi connectivity index (χ3n) is 4.42. The highest BCUT2D eigenvalue weighted by molar-refractivity contribution is 5.89. The maximum atomic E-state index is 6.14. The van der Waals surface area contributed by atoms with Crippen molar-refractivity contribution in [2.45, 2.75) is 19.6 Å². The zero-order valence-corrected chi connectivity index (χ0v) is 12.8. The van der Waals surface area contributed by atoms with Crippen molar-refractivity contribution in [1.29, 1.82) is 0 Å². The molecule has 0 aliphatic carbocycles. The van der Waals surface area contributed by atoms with Gasteiger partial charge in [0, 0.05) is 35.8 Å². The quantitative estimate of drug-likeness (QED) is 0.796. The van der Waals surface area contributed by atoms with Gasteiger partial charge in [-0.15, -0.1) is 0 Å². The molecule has 0 fully saturated rings. The largest absolute Gasteiger partial charge is 0.489 e. The zero-order chi connectivity index (χ0) is 14.9. The van der Waals surface area contributed by atoms with Crippen LogP contribution in [-0.2, 0) is 19.6 Å². The first-order valence-electron chi connectivity index (χ1n) is 7.78. The van der Waals surface area contributed by atoms with E-state index in [4.69, 9.17) is 4.74 Å². The van der Waals surface area contributed by atoms with Crippen molar-refractivity contribution in [2.24, 2.45) is 0 Å². The molecule has 0 unspecified atom stereocenters. The molecular weight excluding hydrogens is 272 g/mol. The fraction of sp³-hybridized carbons (Fsp3) is 0.263. The van der Waals surface area contributed by atoms with Crippen molar-refractivity contribution >= 4 is 10.9 Å². The molecule has 3 nitrogen and oxygen atoms in total. The lowest BCUT2D eigenvalue weighted by Crippen LogP contribution is -2.19. The fourth-order valence-corrected chi connectivity index (χ4v) is 3.24. The smallest absolute Gasteiger partial charge is 0.125 e. The Balaban J connectivity index is 1.71. The first-order chi connectivity index (χ1) is 10.8. The molecule has 0 amide bonds. The van der Waals surface area contributed by atoms with Crippen molar-refractivity contribution in [3.8, 4) is 5.75 Å². The monoisotopic (exact) mass is 292 g/mol. The van der Waals surface area contributed by atoms with Crippen LogP contribution in [-0.4, -0.2) is 23.5 Å². The van der Waals surface area contributed by atoms with E-state index in [1.807, 2.05) is 6.07 Å². The van der Waals surface area contributed by atoms with E-state index in [0.29, 0.717) is 6.61 Å². The van der Waals surface area contributed by atoms with E-state index in [0.717, 1.165) is 25.3 Å². The van der Waals surface area contributed by atoms with Crippen LogP contribution < -0.4 is 4.74 Å². The van der Waals surface area contributed by atoms with E-state index < -0.39 is 0 Å². The Hall–Kier alpha value is -2.26. The summed E-state index contributed by atoms with van der Waals surface area (Å²) in [5, 5.41) is 1.36. The van der Waals surface area contributed by atoms with Gasteiger partial charge in [0.05, 0.1) is 0 Å². The number of nitrogens with zero attached hydrogens (tertiary/aromatic N) is 1. The predicted molar refractivity (Wildman–Crippen MR) is 89.1 cm³/mol. The van der Waals surface area contributed by atoms with E-state index in [2.05, 4.69) is 59.5 Å². The summed E-state index contributed by atoms with van der Waals surface area (Å²) < 4.78 is 6.14. The summed E-state index contributed by atoms with van der Waals surface area (Å²) in [5.74, 6) is 1.01. The number of benzene rings is 2. The Labute approximate surface area is 130 Å². The topological polar surface area (TPSA) is 28.3 Å². The molecule has 112 valence electrons. The van der Waals surface area contributed by atoms with Gasteiger partial charge in [0.25, 0.3) is 0 Å². The van der Waals surface area contributed by atoms with E-state index in [1.54, 1.807) is 0 Å². The standard InChI is InChI=1S/C19H20N2O/c1-21-10-9-15-11-20-17-7-8-18(16(12-21)19(15)17)22-13-14-5-3-2-4-6-14/h2-8,11,20H,9-10,12-13H2,1H3. The summed E-state index contributed by atoms with van der Waals surface area (Å²) in [6.45, 7) is 2.63. The highest BCUT2D eigenvalue weighted by Gasteiger charge is 2.19. The normalized spacial score (nSPS) is 15.0. The first kappa shape index (κ1) is 13.4. The molecule has 2 heterocycles. The van der Waals surface area contributed by atoms with Gasteiger partial charge in [-0.05, 0) is 36.7 Å². The number of H-pyrrole nitrogens is 1. The van der Waals surface area contributed by atoms with Crippen molar-refractivity contribution in [3.05, 3.63) is 65.4 Å². The Morgan fingerprint density at radius 1 is 1.14 bits per heavy atom. The van der Waals surface area contributed by atoms with Crippen LogP contribution in [0.15, 0.2) is 48.7 Å². The van der Waals surface area contributed by atoms with Gasteiger partial charge in [-0.25, -0.2) is 0 Å². The molecule has 0 bridgehead atoms. The average Bonchev–Trinajstić information content (AvgIpc) is 2.88. The molecule has 0 spiro atoms. The summed E-state index contributed by atoms with van der Waals surface area (Å²) in [4.78, 5) is 5.75. The number of rotatable bonds is 3. The SMILES string of the molecule is CN1CCc2c[nH]c3ccc(OCc4ccccc4)c(c23)C1. The molecule has 3 aromatic rings. The lowest BCUT2D eigenvalue weighted by atomic mass is 10.0. The van der Waals surface area contributed by atoms with Gasteiger partial charge < -0.3 is 14.6 Å². The number of aromatic amines is 1. The Morgan fingerprint density at radius 3 is 2.86 bits per heavy atom. The van der Waals surface area contributed by atoms with Gasteiger partial charge in [0.15, 0.2) is 0 Å². The maximum Gasteiger partial charge on any atom is 0.125 e. The molecule has 1 N–H and O–H groups in total. The Bertz CT molecular complexity index is 792. The van der Waals surface area contributed by atoms with Gasteiger partial charge in [-0.2, -0.15) is 0 Å². The van der Waals surface area contributed by atoms with Crippen LogP contribution in [0, 0.1) is 0 Å². The van der Waals surface area contributed by atoms with Crippen LogP contribution in [0.1, 0.15) is 16.7 Å². The lowest BCUT2D eigenvalue weighted by molar-refractivity contribution is 0.289. The maximum absolute atomic E-state index is 6.14. The molecule has 0 radical (unpaired) electrons. The minimum absolute atomic E-state index is 0.614. The predicted octanol–water partition coefficient (Wildman–Crippen LogP) is 3.73. The Kier molecular flexibility index (Phi) is 3.35. The summed E-state index contributed by atoms with van der Waals surface area (Å²) in [5.41, 5.74) is 5.13. The number of ether oxygens (including phenoxy) is 1. The molecule has 2 aromatic carbocycles. The highest BCUT2D eigenvalue weighted by Crippen LogP contribution is 2.34. The van der Waals surface area contributed by atoms with Crippen LogP contribution in [0.3, 0.4) is 0 Å². The second kappa shape index (κ2) is 5.50. The Morgan fingerprint density at radius 2 is 2.00 bits per heavy atom. The molecule has 0 atom stereocenters. The number of aromatic nitrogens is 1. The van der Waals surface area contributed by atoms with Gasteiger partial charge in [-0.3, -0.25) is 0 Å². The van der Waals surface area contributed by atoms with E-state index in [9.17, 15) is 0 Å². The molecule has 3 heteroatoms. The molecule has 1 aliphatic heterocycles. The van der Waals surface area contributed by atoms with E-state index in [1.165, 1.54) is 27.6 Å². The number of hydrogen-bond donors (Lipinski definition) is 1. The van der Waals surface area contributed by atoms with Crippen molar-refractivity contribution < 1.29 is 4.74 Å². The highest BCUT2D eigenvalue weighted by atomic mass is 16.5. The van der Waals surface area contributed by atoms with Crippen molar-refractivity contribution in [1.82, 2.24) is 9.88 Å². The van der Waals surface area contributed by atoms with Crippen LogP contribution in [0.4, 0.5) is 0 Å². The molecule has 1 aliphatic rings. The van der Waals surface area contributed by atoms with Crippen LogP contribution in [0.5, 0.6) is 5.75 Å². The summed E-state index contributed by atoms with van der Waals surface area (Å²) >= 11 is 0. The molecule has 4 rings (SSSR count). The molecule has 1 aromatic heterocycles. The molecule has 0 saturated carbocycles. The number of nitrogens with one attached hydrogen (secondary N) is 1. The van der Waals surface area contributed by atoms with Gasteiger partial charge in [-0.1, -0.05) is 30.3 Å². The fourth-order valence-electron chi connectivity index (χ4n) is 3.24. The summed E-state index contributed by atoms with van der Waals surface area (Å²) in [6.07, 6.45) is 3.24. The minimum Gasteiger partial charge on any atom is -0.489 e. The second-order valence-electron chi connectivity index (χ2n) is 6.04. The second-order valence-corrected chi connectivity index (χ2v) is 6.04. The summed E-state index contributed by atoms with van der Waals surface area (Å²) in [7, 11) is 2.18. The number of likely N-dealkylation sites (N-methyl/N-ethyl adjacent to an activating group) is 1. The van der Waals surface area contributed by atoms with E-state index in [-0.39, 0.29) is 0 Å². The minimum atomic E-state index is 0.614. The van der Waals surface area contributed by atoms with Gasteiger partial charge in [0.1, 0.15) is 12.4 Å². The number of hydrogen-bond acceptors (Lipinski definition) is 2. The van der Waals surface area contributed by atoms with Crippen LogP contribution in [0.25, 0.3) is 10.9 Å². The average molecular weight is 292 g/mol. The van der Waals surface area contributed by atoms with Gasteiger partial charge >= 0.3 is 0 Å². The molecule has 0 saturated heterocycles. The van der Waals surface area contributed by atoms with Gasteiger partial charge in [0.2, 0.25) is 0 Å². The summed E-state index contributed by atoms with van der Waals surface area (Å²) in [6, 6.07) is 14.6. The molecule has 22 heavy (non-hydrogen) atoms. The van der Waals surface area contributed by atoms with Crippen LogP contribution in [0.2, 0.25) is 0 Å². The van der Waals surface area contributed by atoms with Crippen molar-refractivity contribution in [3.63, 3.8) is 0 Å². The lowest BCUT2D eigenvalue weighted by Gasteiger charge is -2.17. The van der Waals surface area contributed by atoms with Crippen molar-refractivity contribution in [2.75, 3.05) is 13.6 Å². The third kappa shape index (κ3) is 2.38. The molecular formula is C19H20N2O. The third-order valence-corrected chi connectivity index (χ3v) is 4.42.